The van der Waals surface area contributed by atoms with Crippen molar-refractivity contribution in [2.75, 3.05) is 13.7 Å². The Hall–Kier alpha value is -3.37. The number of para-hydroxylation sites is 1. The number of benzene rings is 2. The van der Waals surface area contributed by atoms with E-state index >= 15 is 0 Å². The molecule has 3 N–H and O–H groups in total. The monoisotopic (exact) mass is 455 g/mol. The number of nitrogens with one attached hydrogen (secondary N) is 1. The average molecular weight is 456 g/mol. The van der Waals surface area contributed by atoms with Crippen LogP contribution in [0.2, 0.25) is 0 Å². The quantitative estimate of drug-likeness (QED) is 0.451. The third-order valence-electron chi connectivity index (χ3n) is 4.54. The van der Waals surface area contributed by atoms with Crippen LogP contribution >= 0.6 is 11.8 Å². The van der Waals surface area contributed by atoms with Crippen LogP contribution < -0.4 is 15.8 Å². The summed E-state index contributed by atoms with van der Waals surface area (Å²) in [6.45, 7) is 2.75. The SMILES string of the molecule is COCCn1c(COc2ccccc2-c2ccccc2)nnc1SC(C)C(=O)NC(N)=O. The molecule has 0 spiro atoms. The number of methoxy groups -OCH3 is 1. The Morgan fingerprint density at radius 1 is 1.12 bits per heavy atom. The van der Waals surface area contributed by atoms with E-state index in [0.29, 0.717) is 24.1 Å². The molecule has 1 atom stereocenters. The Morgan fingerprint density at radius 2 is 1.84 bits per heavy atom. The minimum atomic E-state index is -0.894. The zero-order chi connectivity index (χ0) is 22.9. The number of carbonyl (C=O) groups is 2. The van der Waals surface area contributed by atoms with Gasteiger partial charge in [-0.05, 0) is 18.6 Å². The molecule has 0 saturated heterocycles. The van der Waals surface area contributed by atoms with E-state index in [2.05, 4.69) is 15.5 Å². The minimum absolute atomic E-state index is 0.184. The van der Waals surface area contributed by atoms with Crippen LogP contribution in [0.15, 0.2) is 59.8 Å². The topological polar surface area (TPSA) is 121 Å². The number of thioether (sulfide) groups is 1. The van der Waals surface area contributed by atoms with Gasteiger partial charge in [-0.15, -0.1) is 10.2 Å². The van der Waals surface area contributed by atoms with E-state index in [0.717, 1.165) is 16.9 Å². The molecule has 1 heterocycles. The summed E-state index contributed by atoms with van der Waals surface area (Å²) in [5.41, 5.74) is 7.05. The second-order valence-corrected chi connectivity index (χ2v) is 8.12. The normalized spacial score (nSPS) is 11.7. The molecule has 9 nitrogen and oxygen atoms in total. The molecule has 168 valence electrons. The molecule has 2 aromatic carbocycles. The first-order valence-electron chi connectivity index (χ1n) is 9.94. The minimum Gasteiger partial charge on any atom is -0.485 e. The van der Waals surface area contributed by atoms with E-state index in [-0.39, 0.29) is 6.61 Å². The van der Waals surface area contributed by atoms with Gasteiger partial charge in [-0.3, -0.25) is 10.1 Å². The summed E-state index contributed by atoms with van der Waals surface area (Å²) in [7, 11) is 1.60. The third kappa shape index (κ3) is 6.08. The molecule has 3 rings (SSSR count). The first kappa shape index (κ1) is 23.3. The second kappa shape index (κ2) is 11.3. The van der Waals surface area contributed by atoms with Gasteiger partial charge < -0.3 is 19.8 Å². The van der Waals surface area contributed by atoms with Crippen molar-refractivity contribution in [2.45, 2.75) is 30.5 Å². The highest BCUT2D eigenvalue weighted by Gasteiger charge is 2.21. The summed E-state index contributed by atoms with van der Waals surface area (Å²) >= 11 is 1.17. The molecule has 0 radical (unpaired) electrons. The number of nitrogens with zero attached hydrogens (tertiary/aromatic N) is 3. The molecular weight excluding hydrogens is 430 g/mol. The number of hydrogen-bond acceptors (Lipinski definition) is 7. The second-order valence-electron chi connectivity index (χ2n) is 6.81. The van der Waals surface area contributed by atoms with Crippen molar-refractivity contribution in [1.29, 1.82) is 0 Å². The zero-order valence-corrected chi connectivity index (χ0v) is 18.7. The van der Waals surface area contributed by atoms with Crippen molar-refractivity contribution < 1.29 is 19.1 Å². The molecule has 0 saturated carbocycles. The first-order valence-corrected chi connectivity index (χ1v) is 10.8. The van der Waals surface area contributed by atoms with Gasteiger partial charge >= 0.3 is 6.03 Å². The van der Waals surface area contributed by atoms with Gasteiger partial charge in [-0.2, -0.15) is 0 Å². The average Bonchev–Trinajstić information content (AvgIpc) is 3.17. The zero-order valence-electron chi connectivity index (χ0n) is 17.9. The molecule has 32 heavy (non-hydrogen) atoms. The lowest BCUT2D eigenvalue weighted by Crippen LogP contribution is -2.39. The van der Waals surface area contributed by atoms with Crippen LogP contribution in [0.5, 0.6) is 5.75 Å². The number of hydrogen-bond donors (Lipinski definition) is 2. The maximum absolute atomic E-state index is 12.0. The van der Waals surface area contributed by atoms with Gasteiger partial charge in [-0.1, -0.05) is 60.3 Å². The summed E-state index contributed by atoms with van der Waals surface area (Å²) in [5, 5.41) is 10.4. The van der Waals surface area contributed by atoms with Crippen molar-refractivity contribution >= 4 is 23.7 Å². The van der Waals surface area contributed by atoms with Crippen molar-refractivity contribution in [3.05, 3.63) is 60.4 Å². The number of imide groups is 1. The number of ether oxygens (including phenoxy) is 2. The number of amides is 3. The Kier molecular flexibility index (Phi) is 8.23. The van der Waals surface area contributed by atoms with Crippen LogP contribution in [0.25, 0.3) is 11.1 Å². The molecule has 0 aliphatic carbocycles. The summed E-state index contributed by atoms with van der Waals surface area (Å²) in [5.74, 6) is 0.816. The van der Waals surface area contributed by atoms with E-state index in [9.17, 15) is 9.59 Å². The standard InChI is InChI=1S/C22H25N5O4S/c1-15(20(28)24-21(23)29)32-22-26-25-19(27(22)12-13-30-2)14-31-18-11-7-6-10-17(18)16-8-4-3-5-9-16/h3-11,15H,12-14H2,1-2H3,(H3,23,24,28,29). The van der Waals surface area contributed by atoms with Crippen LogP contribution in [0.4, 0.5) is 4.79 Å². The number of urea groups is 1. The molecule has 0 bridgehead atoms. The highest BCUT2D eigenvalue weighted by Crippen LogP contribution is 2.30. The van der Waals surface area contributed by atoms with Gasteiger partial charge in [0.1, 0.15) is 12.4 Å². The maximum Gasteiger partial charge on any atom is 0.318 e. The van der Waals surface area contributed by atoms with Gasteiger partial charge in [0.25, 0.3) is 0 Å². The van der Waals surface area contributed by atoms with Crippen molar-refractivity contribution in [1.82, 2.24) is 20.1 Å². The summed E-state index contributed by atoms with van der Waals surface area (Å²) in [6.07, 6.45) is 0. The van der Waals surface area contributed by atoms with Crippen LogP contribution in [0.1, 0.15) is 12.7 Å². The first-order chi connectivity index (χ1) is 15.5. The number of primary amides is 1. The molecule has 1 unspecified atom stereocenters. The lowest BCUT2D eigenvalue weighted by Gasteiger charge is -2.14. The van der Waals surface area contributed by atoms with Crippen molar-refractivity contribution in [2.24, 2.45) is 5.73 Å². The fourth-order valence-corrected chi connectivity index (χ4v) is 3.84. The molecule has 0 aliphatic rings. The van der Waals surface area contributed by atoms with E-state index in [1.165, 1.54) is 11.8 Å². The van der Waals surface area contributed by atoms with E-state index in [1.54, 1.807) is 14.0 Å². The summed E-state index contributed by atoms with van der Waals surface area (Å²) < 4.78 is 13.1. The van der Waals surface area contributed by atoms with Crippen LogP contribution in [0.3, 0.4) is 0 Å². The summed E-state index contributed by atoms with van der Waals surface area (Å²) in [6, 6.07) is 16.9. The molecule has 3 amide bonds. The molecule has 0 aliphatic heterocycles. The Morgan fingerprint density at radius 3 is 2.56 bits per heavy atom. The van der Waals surface area contributed by atoms with Gasteiger partial charge in [0.2, 0.25) is 5.91 Å². The number of rotatable bonds is 10. The smallest absolute Gasteiger partial charge is 0.318 e. The number of carbonyl (C=O) groups excluding carboxylic acids is 2. The fraction of sp³-hybridized carbons (Fsp3) is 0.273. The molecule has 10 heteroatoms. The van der Waals surface area contributed by atoms with Gasteiger partial charge in [0.15, 0.2) is 11.0 Å². The number of aromatic nitrogens is 3. The van der Waals surface area contributed by atoms with Gasteiger partial charge in [-0.25, -0.2) is 4.79 Å². The van der Waals surface area contributed by atoms with Crippen molar-refractivity contribution in [3.8, 4) is 16.9 Å². The largest absolute Gasteiger partial charge is 0.485 e. The van der Waals surface area contributed by atoms with E-state index < -0.39 is 17.2 Å². The Labute approximate surface area is 190 Å². The van der Waals surface area contributed by atoms with E-state index in [1.807, 2.05) is 59.2 Å². The van der Waals surface area contributed by atoms with E-state index in [4.69, 9.17) is 15.2 Å². The highest BCUT2D eigenvalue weighted by molar-refractivity contribution is 8.00. The molecular formula is C22H25N5O4S. The van der Waals surface area contributed by atoms with Crippen LogP contribution in [0, 0.1) is 0 Å². The van der Waals surface area contributed by atoms with Crippen LogP contribution in [-0.4, -0.2) is 45.7 Å². The lowest BCUT2D eigenvalue weighted by molar-refractivity contribution is -0.119. The van der Waals surface area contributed by atoms with Crippen LogP contribution in [-0.2, 0) is 22.7 Å². The molecule has 1 aromatic heterocycles. The molecule has 0 fully saturated rings. The highest BCUT2D eigenvalue weighted by atomic mass is 32.2. The van der Waals surface area contributed by atoms with Gasteiger partial charge in [0.05, 0.1) is 11.9 Å². The Bertz CT molecular complexity index is 1060. The maximum atomic E-state index is 12.0. The third-order valence-corrected chi connectivity index (χ3v) is 5.62. The molecule has 3 aromatic rings. The number of nitrogens with two attached hydrogens (primary N) is 1. The Balaban J connectivity index is 1.77. The predicted molar refractivity (Wildman–Crippen MR) is 121 cm³/mol. The lowest BCUT2D eigenvalue weighted by atomic mass is 10.1. The predicted octanol–water partition coefficient (Wildman–Crippen LogP) is 2.85. The summed E-state index contributed by atoms with van der Waals surface area (Å²) in [4.78, 5) is 23.0. The van der Waals surface area contributed by atoms with Gasteiger partial charge in [0, 0.05) is 19.2 Å². The fourth-order valence-electron chi connectivity index (χ4n) is 2.95. The van der Waals surface area contributed by atoms with Crippen molar-refractivity contribution in [3.63, 3.8) is 0 Å².